The van der Waals surface area contributed by atoms with Crippen LogP contribution >= 0.6 is 0 Å². The number of ether oxygens (including phenoxy) is 1. The van der Waals surface area contributed by atoms with Crippen molar-refractivity contribution in [3.8, 4) is 0 Å². The van der Waals surface area contributed by atoms with Crippen LogP contribution in [0.4, 0.5) is 8.78 Å². The molecule has 0 aliphatic heterocycles. The summed E-state index contributed by atoms with van der Waals surface area (Å²) >= 11 is 0. The average Bonchev–Trinajstić information content (AvgIpc) is 2.67. The van der Waals surface area contributed by atoms with Crippen LogP contribution in [0.15, 0.2) is 36.4 Å². The average molecular weight is 373 g/mol. The van der Waals surface area contributed by atoms with Gasteiger partial charge in [0.05, 0.1) is 11.6 Å². The van der Waals surface area contributed by atoms with E-state index in [1.807, 2.05) is 13.0 Å². The third kappa shape index (κ3) is 4.70. The molecule has 0 saturated heterocycles. The van der Waals surface area contributed by atoms with E-state index in [0.29, 0.717) is 0 Å². The van der Waals surface area contributed by atoms with E-state index >= 15 is 0 Å². The summed E-state index contributed by atoms with van der Waals surface area (Å²) in [6.07, 6.45) is 4.53. The first-order valence-corrected chi connectivity index (χ1v) is 8.97. The van der Waals surface area contributed by atoms with Gasteiger partial charge in [-0.05, 0) is 67.5 Å². The molecular weight excluding hydrogens is 352 g/mol. The summed E-state index contributed by atoms with van der Waals surface area (Å²) in [4.78, 5) is 23.9. The van der Waals surface area contributed by atoms with E-state index in [1.54, 1.807) is 0 Å². The second-order valence-electron chi connectivity index (χ2n) is 6.73. The normalized spacial score (nSPS) is 14.2. The maximum absolute atomic E-state index is 13.2. The highest BCUT2D eigenvalue weighted by molar-refractivity contribution is 5.91. The Labute approximate surface area is 156 Å². The number of halogens is 2. The van der Waals surface area contributed by atoms with Gasteiger partial charge in [0.25, 0.3) is 5.91 Å². The topological polar surface area (TPSA) is 55.4 Å². The molecule has 0 fully saturated rings. The molecule has 3 rings (SSSR count). The van der Waals surface area contributed by atoms with Crippen LogP contribution in [0, 0.1) is 11.6 Å². The van der Waals surface area contributed by atoms with Gasteiger partial charge in [-0.15, -0.1) is 0 Å². The molecule has 6 heteroatoms. The first-order chi connectivity index (χ1) is 12.9. The zero-order chi connectivity index (χ0) is 19.4. The predicted octanol–water partition coefficient (Wildman–Crippen LogP) is 3.88. The van der Waals surface area contributed by atoms with Gasteiger partial charge >= 0.3 is 5.97 Å². The van der Waals surface area contributed by atoms with E-state index in [1.165, 1.54) is 24.0 Å². The van der Waals surface area contributed by atoms with Crippen LogP contribution in [-0.2, 0) is 22.4 Å². The highest BCUT2D eigenvalue weighted by atomic mass is 19.2. The number of aryl methyl sites for hydroxylation is 2. The molecular formula is C21H21F2NO3. The summed E-state index contributed by atoms with van der Waals surface area (Å²) in [5, 5.41) is 2.78. The fourth-order valence-corrected chi connectivity index (χ4v) is 3.23. The molecule has 0 bridgehead atoms. The Hall–Kier alpha value is -2.76. The fraction of sp³-hybridized carbons (Fsp3) is 0.333. The zero-order valence-electron chi connectivity index (χ0n) is 15.1. The molecule has 0 spiro atoms. The number of esters is 1. The minimum absolute atomic E-state index is 0.149. The quantitative estimate of drug-likeness (QED) is 0.810. The molecule has 2 aromatic carbocycles. The van der Waals surface area contributed by atoms with E-state index < -0.39 is 30.1 Å². The number of rotatable bonds is 5. The summed E-state index contributed by atoms with van der Waals surface area (Å²) in [7, 11) is 0. The molecule has 2 aromatic rings. The lowest BCUT2D eigenvalue weighted by molar-refractivity contribution is -0.124. The maximum Gasteiger partial charge on any atom is 0.338 e. The van der Waals surface area contributed by atoms with Gasteiger partial charge in [0.2, 0.25) is 0 Å². The van der Waals surface area contributed by atoms with Crippen LogP contribution in [-0.4, -0.2) is 18.5 Å². The molecule has 0 heterocycles. The Bertz CT molecular complexity index is 867. The van der Waals surface area contributed by atoms with Crippen molar-refractivity contribution >= 4 is 11.9 Å². The Morgan fingerprint density at radius 1 is 1.04 bits per heavy atom. The minimum atomic E-state index is -1.14. The van der Waals surface area contributed by atoms with Gasteiger partial charge in [-0.2, -0.15) is 0 Å². The Kier molecular flexibility index (Phi) is 5.84. The number of hydrogen-bond donors (Lipinski definition) is 1. The SMILES string of the molecule is C[C@@H](NC(=O)COC(=O)c1ccc(F)c(F)c1)c1ccc2c(c1)CCCC2. The number of benzene rings is 2. The van der Waals surface area contributed by atoms with E-state index in [0.717, 1.165) is 36.6 Å². The third-order valence-electron chi connectivity index (χ3n) is 4.74. The first-order valence-electron chi connectivity index (χ1n) is 8.97. The van der Waals surface area contributed by atoms with E-state index in [2.05, 4.69) is 17.4 Å². The van der Waals surface area contributed by atoms with Crippen molar-refractivity contribution in [1.29, 1.82) is 0 Å². The molecule has 4 nitrogen and oxygen atoms in total. The largest absolute Gasteiger partial charge is 0.452 e. The van der Waals surface area contributed by atoms with Crippen molar-refractivity contribution in [2.24, 2.45) is 0 Å². The number of fused-ring (bicyclic) bond motifs is 1. The Morgan fingerprint density at radius 2 is 1.78 bits per heavy atom. The van der Waals surface area contributed by atoms with E-state index in [-0.39, 0.29) is 11.6 Å². The fourth-order valence-electron chi connectivity index (χ4n) is 3.23. The van der Waals surface area contributed by atoms with Crippen molar-refractivity contribution in [2.45, 2.75) is 38.6 Å². The van der Waals surface area contributed by atoms with Crippen LogP contribution in [0.5, 0.6) is 0 Å². The van der Waals surface area contributed by atoms with Gasteiger partial charge in [0, 0.05) is 0 Å². The molecule has 1 aliphatic carbocycles. The summed E-state index contributed by atoms with van der Waals surface area (Å²) in [6, 6.07) is 8.68. The van der Waals surface area contributed by atoms with Gasteiger partial charge in [0.15, 0.2) is 18.2 Å². The number of carbonyl (C=O) groups is 2. The van der Waals surface area contributed by atoms with Crippen molar-refractivity contribution in [1.82, 2.24) is 5.32 Å². The minimum Gasteiger partial charge on any atom is -0.452 e. The van der Waals surface area contributed by atoms with Crippen molar-refractivity contribution in [2.75, 3.05) is 6.61 Å². The molecule has 0 saturated carbocycles. The Balaban J connectivity index is 1.54. The van der Waals surface area contributed by atoms with Gasteiger partial charge < -0.3 is 10.1 Å². The zero-order valence-corrected chi connectivity index (χ0v) is 15.1. The molecule has 1 aliphatic rings. The smallest absolute Gasteiger partial charge is 0.338 e. The Morgan fingerprint density at radius 3 is 2.52 bits per heavy atom. The third-order valence-corrected chi connectivity index (χ3v) is 4.74. The monoisotopic (exact) mass is 373 g/mol. The molecule has 0 aromatic heterocycles. The van der Waals surface area contributed by atoms with Gasteiger partial charge in [0.1, 0.15) is 0 Å². The summed E-state index contributed by atoms with van der Waals surface area (Å²) < 4.78 is 30.9. The molecule has 1 atom stereocenters. The lowest BCUT2D eigenvalue weighted by Crippen LogP contribution is -2.31. The highest BCUT2D eigenvalue weighted by Gasteiger charge is 2.16. The van der Waals surface area contributed by atoms with E-state index in [9.17, 15) is 18.4 Å². The number of amides is 1. The maximum atomic E-state index is 13.2. The molecule has 1 N–H and O–H groups in total. The highest BCUT2D eigenvalue weighted by Crippen LogP contribution is 2.24. The summed E-state index contributed by atoms with van der Waals surface area (Å²) in [5.41, 5.74) is 3.54. The van der Waals surface area contributed by atoms with Gasteiger partial charge in [-0.25, -0.2) is 13.6 Å². The van der Waals surface area contributed by atoms with Crippen LogP contribution in [0.1, 0.15) is 52.9 Å². The van der Waals surface area contributed by atoms with Gasteiger partial charge in [-0.3, -0.25) is 4.79 Å². The molecule has 0 unspecified atom stereocenters. The number of nitrogens with one attached hydrogen (secondary N) is 1. The first kappa shape index (κ1) is 19.0. The summed E-state index contributed by atoms with van der Waals surface area (Å²) in [5.74, 6) is -3.54. The second-order valence-corrected chi connectivity index (χ2v) is 6.73. The lowest BCUT2D eigenvalue weighted by Gasteiger charge is -2.20. The summed E-state index contributed by atoms with van der Waals surface area (Å²) in [6.45, 7) is 1.37. The standard InChI is InChI=1S/C21H21F2NO3/c1-13(15-7-6-14-4-2-3-5-16(14)10-15)24-20(25)12-27-21(26)17-8-9-18(22)19(23)11-17/h6-11,13H,2-5,12H2,1H3,(H,24,25)/t13-/m1/s1. The van der Waals surface area contributed by atoms with Crippen LogP contribution in [0.2, 0.25) is 0 Å². The lowest BCUT2D eigenvalue weighted by atomic mass is 9.89. The number of hydrogen-bond acceptors (Lipinski definition) is 3. The van der Waals surface area contributed by atoms with Crippen molar-refractivity contribution < 1.29 is 23.1 Å². The number of carbonyl (C=O) groups excluding carboxylic acids is 2. The molecule has 0 radical (unpaired) electrons. The van der Waals surface area contributed by atoms with Crippen LogP contribution < -0.4 is 5.32 Å². The van der Waals surface area contributed by atoms with Crippen LogP contribution in [0.3, 0.4) is 0 Å². The molecule has 27 heavy (non-hydrogen) atoms. The van der Waals surface area contributed by atoms with E-state index in [4.69, 9.17) is 4.74 Å². The molecule has 1 amide bonds. The second kappa shape index (κ2) is 8.29. The van der Waals surface area contributed by atoms with Gasteiger partial charge in [-0.1, -0.05) is 18.2 Å². The molecule has 142 valence electrons. The van der Waals surface area contributed by atoms with Crippen molar-refractivity contribution in [3.63, 3.8) is 0 Å². The predicted molar refractivity (Wildman–Crippen MR) is 96.3 cm³/mol. The van der Waals surface area contributed by atoms with Crippen LogP contribution in [0.25, 0.3) is 0 Å². The van der Waals surface area contributed by atoms with Crippen molar-refractivity contribution in [3.05, 3.63) is 70.3 Å².